The third-order valence-corrected chi connectivity index (χ3v) is 3.98. The Kier molecular flexibility index (Phi) is 4.73. The van der Waals surface area contributed by atoms with Crippen molar-refractivity contribution < 1.29 is 23.4 Å². The van der Waals surface area contributed by atoms with Gasteiger partial charge in [-0.05, 0) is 30.7 Å². The average Bonchev–Trinajstić information content (AvgIpc) is 2.29. The van der Waals surface area contributed by atoms with Crippen molar-refractivity contribution in [3.8, 4) is 5.75 Å². The fourth-order valence-corrected chi connectivity index (χ4v) is 2.35. The number of nitrogens with zero attached hydrogens (tertiary/aromatic N) is 1. The normalized spacial score (nSPS) is 11.5. The summed E-state index contributed by atoms with van der Waals surface area (Å²) in [6.07, 6.45) is -0.272. The van der Waals surface area contributed by atoms with E-state index in [1.807, 2.05) is 0 Å². The predicted molar refractivity (Wildman–Crippen MR) is 70.3 cm³/mol. The number of benzene rings is 1. The lowest BCUT2D eigenvalue weighted by molar-refractivity contribution is -0.137. The Morgan fingerprint density at radius 1 is 1.42 bits per heavy atom. The van der Waals surface area contributed by atoms with Gasteiger partial charge < -0.3 is 10.2 Å². The molecule has 0 aliphatic rings. The zero-order valence-electron chi connectivity index (χ0n) is 10.6. The molecule has 106 valence electrons. The Balaban J connectivity index is 2.81. The Bertz CT molecular complexity index is 570. The molecule has 1 aromatic rings. The summed E-state index contributed by atoms with van der Waals surface area (Å²) in [7, 11) is -2.51. The van der Waals surface area contributed by atoms with Crippen LogP contribution in [-0.4, -0.2) is 42.5 Å². The molecule has 0 spiro atoms. The van der Waals surface area contributed by atoms with Crippen LogP contribution in [0.5, 0.6) is 5.75 Å². The Morgan fingerprint density at radius 2 is 2.05 bits per heavy atom. The van der Waals surface area contributed by atoms with Crippen LogP contribution >= 0.6 is 0 Å². The molecule has 0 unspecified atom stereocenters. The number of carboxylic acids is 1. The number of hydrogen-bond donors (Lipinski definition) is 3. The quantitative estimate of drug-likeness (QED) is 0.670. The summed E-state index contributed by atoms with van der Waals surface area (Å²) < 4.78 is 27.1. The lowest BCUT2D eigenvalue weighted by Gasteiger charge is -2.18. The van der Waals surface area contributed by atoms with E-state index >= 15 is 0 Å². The molecule has 0 aromatic heterocycles. The molecule has 19 heavy (non-hydrogen) atoms. The molecule has 0 bridgehead atoms. The van der Waals surface area contributed by atoms with Crippen LogP contribution in [0.3, 0.4) is 0 Å². The molecule has 0 amide bonds. The second-order valence-electron chi connectivity index (χ2n) is 4.07. The zero-order valence-corrected chi connectivity index (χ0v) is 11.4. The maximum Gasteiger partial charge on any atom is 0.304 e. The number of nitrogens with one attached hydrogen (secondary N) is 1. The first-order chi connectivity index (χ1) is 8.72. The molecule has 0 fully saturated rings. The minimum Gasteiger partial charge on any atom is -0.508 e. The number of hydrogen-bond acceptors (Lipinski definition) is 4. The highest BCUT2D eigenvalue weighted by atomic mass is 32.2. The molecule has 0 aliphatic carbocycles. The first kappa shape index (κ1) is 15.3. The summed E-state index contributed by atoms with van der Waals surface area (Å²) in [6, 6.07) is 4.23. The molecule has 0 radical (unpaired) electrons. The van der Waals surface area contributed by atoms with Crippen molar-refractivity contribution in [2.75, 3.05) is 18.3 Å². The lowest BCUT2D eigenvalue weighted by atomic mass is 10.2. The monoisotopic (exact) mass is 288 g/mol. The number of rotatable bonds is 6. The molecule has 0 atom stereocenters. The zero-order chi connectivity index (χ0) is 14.6. The molecule has 3 N–H and O–H groups in total. The number of anilines is 1. The van der Waals surface area contributed by atoms with Crippen LogP contribution in [0, 0.1) is 6.92 Å². The summed E-state index contributed by atoms with van der Waals surface area (Å²) in [6.45, 7) is 1.52. The van der Waals surface area contributed by atoms with Crippen LogP contribution in [0.25, 0.3) is 0 Å². The van der Waals surface area contributed by atoms with Gasteiger partial charge in [-0.15, -0.1) is 0 Å². The molecule has 1 aromatic carbocycles. The number of carboxylic acid groups (broad SMARTS) is 1. The number of phenols is 1. The van der Waals surface area contributed by atoms with E-state index in [4.69, 9.17) is 5.11 Å². The van der Waals surface area contributed by atoms with E-state index in [1.54, 1.807) is 6.92 Å². The molecule has 1 rings (SSSR count). The van der Waals surface area contributed by atoms with Gasteiger partial charge in [-0.3, -0.25) is 9.52 Å². The summed E-state index contributed by atoms with van der Waals surface area (Å²) in [5.41, 5.74) is 0.898. The second-order valence-corrected chi connectivity index (χ2v) is 5.85. The van der Waals surface area contributed by atoms with Gasteiger partial charge in [0, 0.05) is 13.6 Å². The highest BCUT2D eigenvalue weighted by Gasteiger charge is 2.19. The van der Waals surface area contributed by atoms with E-state index in [1.165, 1.54) is 25.2 Å². The van der Waals surface area contributed by atoms with Gasteiger partial charge in [0.25, 0.3) is 0 Å². The van der Waals surface area contributed by atoms with E-state index < -0.39 is 16.2 Å². The van der Waals surface area contributed by atoms with Crippen molar-refractivity contribution in [2.24, 2.45) is 0 Å². The van der Waals surface area contributed by atoms with Crippen molar-refractivity contribution in [1.29, 1.82) is 0 Å². The molecule has 0 saturated heterocycles. The van der Waals surface area contributed by atoms with Gasteiger partial charge in [-0.25, -0.2) is 0 Å². The van der Waals surface area contributed by atoms with Gasteiger partial charge in [0.1, 0.15) is 5.75 Å². The molecule has 7 nitrogen and oxygen atoms in total. The van der Waals surface area contributed by atoms with Crippen LogP contribution < -0.4 is 4.72 Å². The van der Waals surface area contributed by atoms with Gasteiger partial charge in [0.05, 0.1) is 12.1 Å². The van der Waals surface area contributed by atoms with Crippen LogP contribution in [0.15, 0.2) is 18.2 Å². The van der Waals surface area contributed by atoms with Crippen LogP contribution in [0.2, 0.25) is 0 Å². The van der Waals surface area contributed by atoms with Gasteiger partial charge >= 0.3 is 16.2 Å². The maximum absolute atomic E-state index is 11.9. The second kappa shape index (κ2) is 5.89. The van der Waals surface area contributed by atoms with Gasteiger partial charge in [-0.1, -0.05) is 0 Å². The highest BCUT2D eigenvalue weighted by molar-refractivity contribution is 7.90. The van der Waals surface area contributed by atoms with E-state index in [9.17, 15) is 18.3 Å². The fourth-order valence-electron chi connectivity index (χ4n) is 1.35. The Labute approximate surface area is 111 Å². The summed E-state index contributed by atoms with van der Waals surface area (Å²) >= 11 is 0. The van der Waals surface area contributed by atoms with Crippen molar-refractivity contribution in [2.45, 2.75) is 13.3 Å². The minimum atomic E-state index is -3.81. The van der Waals surface area contributed by atoms with E-state index in [0.29, 0.717) is 11.3 Å². The van der Waals surface area contributed by atoms with Crippen molar-refractivity contribution in [3.63, 3.8) is 0 Å². The number of aromatic hydroxyl groups is 1. The van der Waals surface area contributed by atoms with Crippen LogP contribution in [0.1, 0.15) is 12.0 Å². The number of aryl methyl sites for hydroxylation is 1. The Morgan fingerprint density at radius 3 is 2.58 bits per heavy atom. The standard InChI is InChI=1S/C11H16N2O5S/c1-8-7-9(14)3-4-10(8)12-19(17,18)13(2)6-5-11(15)16/h3-4,7,12,14H,5-6H2,1-2H3,(H,15,16). The van der Waals surface area contributed by atoms with Gasteiger partial charge in [0.2, 0.25) is 0 Å². The van der Waals surface area contributed by atoms with E-state index in [-0.39, 0.29) is 18.7 Å². The SMILES string of the molecule is Cc1cc(O)ccc1NS(=O)(=O)N(C)CCC(=O)O. The van der Waals surface area contributed by atoms with Crippen LogP contribution in [-0.2, 0) is 15.0 Å². The largest absolute Gasteiger partial charge is 0.508 e. The van der Waals surface area contributed by atoms with Crippen molar-refractivity contribution in [1.82, 2.24) is 4.31 Å². The fraction of sp³-hybridized carbons (Fsp3) is 0.364. The molecular weight excluding hydrogens is 272 g/mol. The minimum absolute atomic E-state index is 0.0414. The van der Waals surface area contributed by atoms with Gasteiger partial charge in [-0.2, -0.15) is 12.7 Å². The molecule has 8 heteroatoms. The summed E-state index contributed by atoms with van der Waals surface area (Å²) in [5.74, 6) is -1.03. The smallest absolute Gasteiger partial charge is 0.304 e. The average molecular weight is 288 g/mol. The molecular formula is C11H16N2O5S. The third kappa shape index (κ3) is 4.42. The van der Waals surface area contributed by atoms with Crippen molar-refractivity contribution in [3.05, 3.63) is 23.8 Å². The topological polar surface area (TPSA) is 107 Å². The number of aliphatic carboxylic acids is 1. The molecule has 0 saturated carbocycles. The lowest BCUT2D eigenvalue weighted by Crippen LogP contribution is -2.34. The third-order valence-electron chi connectivity index (χ3n) is 2.50. The number of phenolic OH excluding ortho intramolecular Hbond substituents is 1. The first-order valence-electron chi connectivity index (χ1n) is 5.48. The molecule has 0 heterocycles. The first-order valence-corrected chi connectivity index (χ1v) is 6.92. The summed E-state index contributed by atoms with van der Waals surface area (Å²) in [4.78, 5) is 10.4. The summed E-state index contributed by atoms with van der Waals surface area (Å²) in [5, 5.41) is 17.8. The van der Waals surface area contributed by atoms with Crippen LogP contribution in [0.4, 0.5) is 5.69 Å². The van der Waals surface area contributed by atoms with E-state index in [0.717, 1.165) is 4.31 Å². The molecule has 0 aliphatic heterocycles. The van der Waals surface area contributed by atoms with Gasteiger partial charge in [0.15, 0.2) is 0 Å². The van der Waals surface area contributed by atoms with Crippen molar-refractivity contribution >= 4 is 21.9 Å². The Hall–Kier alpha value is -1.80. The number of carbonyl (C=O) groups is 1. The van der Waals surface area contributed by atoms with E-state index in [2.05, 4.69) is 4.72 Å². The predicted octanol–water partition coefficient (Wildman–Crippen LogP) is 0.764. The maximum atomic E-state index is 11.9. The highest BCUT2D eigenvalue weighted by Crippen LogP contribution is 2.21.